The van der Waals surface area contributed by atoms with Crippen molar-refractivity contribution in [3.05, 3.63) is 51.9 Å². The number of unbranched alkanes of at least 4 members (excludes halogenated alkanes) is 18. The van der Waals surface area contributed by atoms with Gasteiger partial charge in [-0.1, -0.05) is 153 Å². The van der Waals surface area contributed by atoms with Crippen LogP contribution in [0, 0.1) is 6.92 Å². The number of nitrogens with two attached hydrogens (primary N) is 1. The molecule has 2 rings (SSSR count). The smallest absolute Gasteiger partial charge is 0.251 e. The summed E-state index contributed by atoms with van der Waals surface area (Å²) in [5.74, 6) is -0.506. The van der Waals surface area contributed by atoms with Crippen LogP contribution in [0.25, 0.3) is 0 Å². The van der Waals surface area contributed by atoms with E-state index in [-0.39, 0.29) is 5.91 Å². The molecule has 0 unspecified atom stereocenters. The number of hydrogen-bond donors (Lipinski definition) is 2. The van der Waals surface area contributed by atoms with Crippen LogP contribution in [0.1, 0.15) is 162 Å². The Labute approximate surface area is 248 Å². The molecule has 2 amide bonds. The fraction of sp³-hybridized carbons (Fsp3) is 0.657. The van der Waals surface area contributed by atoms with Crippen LogP contribution in [-0.2, 0) is 11.2 Å². The predicted molar refractivity (Wildman–Crippen MR) is 173 cm³/mol. The Bertz CT molecular complexity index is 954. The number of amides is 2. The van der Waals surface area contributed by atoms with E-state index in [0.29, 0.717) is 17.0 Å². The summed E-state index contributed by atoms with van der Waals surface area (Å²) in [5, 5.41) is 3.57. The molecule has 0 radical (unpaired) electrons. The highest BCUT2D eigenvalue weighted by Gasteiger charge is 2.20. The van der Waals surface area contributed by atoms with Gasteiger partial charge in [0.1, 0.15) is 5.00 Å². The highest BCUT2D eigenvalue weighted by Crippen LogP contribution is 2.34. The van der Waals surface area contributed by atoms with Crippen molar-refractivity contribution >= 4 is 28.2 Å². The lowest BCUT2D eigenvalue weighted by molar-refractivity contribution is -0.116. The molecule has 0 saturated carbocycles. The summed E-state index contributed by atoms with van der Waals surface area (Å²) < 4.78 is 0. The van der Waals surface area contributed by atoms with Gasteiger partial charge in [-0.2, -0.15) is 0 Å². The molecule has 0 saturated heterocycles. The first-order valence-corrected chi connectivity index (χ1v) is 17.1. The molecule has 3 N–H and O–H groups in total. The van der Waals surface area contributed by atoms with E-state index >= 15 is 0 Å². The first-order valence-electron chi connectivity index (χ1n) is 16.3. The number of hydrogen-bond acceptors (Lipinski definition) is 3. The Kier molecular flexibility index (Phi) is 18.4. The van der Waals surface area contributed by atoms with Gasteiger partial charge in [0.15, 0.2) is 0 Å². The van der Waals surface area contributed by atoms with Crippen molar-refractivity contribution in [2.45, 2.75) is 149 Å². The highest BCUT2D eigenvalue weighted by atomic mass is 32.1. The third-order valence-corrected chi connectivity index (χ3v) is 9.17. The maximum absolute atomic E-state index is 12.6. The number of nitrogens with one attached hydrogen (secondary N) is 1. The molecular formula is C35H56N2O2S. The molecule has 0 fully saturated rings. The number of benzene rings is 1. The van der Waals surface area contributed by atoms with Crippen molar-refractivity contribution in [1.82, 2.24) is 0 Å². The van der Waals surface area contributed by atoms with E-state index < -0.39 is 5.91 Å². The fourth-order valence-electron chi connectivity index (χ4n) is 5.45. The standard InChI is InChI=1S/C35H56N2O2S/c1-3-4-5-6-7-8-9-10-11-12-13-14-15-16-17-18-19-20-24-27-32(38)37-35-33(34(36)39)29(2)31(40-35)28-30-25-22-21-23-26-30/h21-23,25-26H,3-20,24,27-28H2,1-2H3,(H2,36,39)(H,37,38). The van der Waals surface area contributed by atoms with Gasteiger partial charge in [-0.05, 0) is 24.5 Å². The topological polar surface area (TPSA) is 72.2 Å². The van der Waals surface area contributed by atoms with E-state index in [4.69, 9.17) is 5.73 Å². The molecule has 1 aromatic carbocycles. The van der Waals surface area contributed by atoms with Gasteiger partial charge in [-0.15, -0.1) is 11.3 Å². The first-order chi connectivity index (χ1) is 19.5. The van der Waals surface area contributed by atoms with Gasteiger partial charge in [0.05, 0.1) is 5.56 Å². The summed E-state index contributed by atoms with van der Waals surface area (Å²) in [6.07, 6.45) is 26.7. The van der Waals surface area contributed by atoms with Crippen LogP contribution in [0.3, 0.4) is 0 Å². The van der Waals surface area contributed by atoms with Gasteiger partial charge in [0, 0.05) is 17.7 Å². The SMILES string of the molecule is CCCCCCCCCCCCCCCCCCCCCC(=O)Nc1sc(Cc2ccccc2)c(C)c1C(N)=O. The third kappa shape index (κ3) is 14.5. The second kappa shape index (κ2) is 21.6. The van der Waals surface area contributed by atoms with Crippen LogP contribution in [0.15, 0.2) is 30.3 Å². The Morgan fingerprint density at radius 1 is 0.700 bits per heavy atom. The molecule has 5 heteroatoms. The minimum atomic E-state index is -0.480. The van der Waals surface area contributed by atoms with Gasteiger partial charge in [-0.3, -0.25) is 9.59 Å². The van der Waals surface area contributed by atoms with Crippen molar-refractivity contribution in [3.63, 3.8) is 0 Å². The zero-order valence-electron chi connectivity index (χ0n) is 25.5. The van der Waals surface area contributed by atoms with E-state index in [9.17, 15) is 9.59 Å². The monoisotopic (exact) mass is 568 g/mol. The molecule has 1 heterocycles. The minimum absolute atomic E-state index is 0.0259. The zero-order chi connectivity index (χ0) is 28.8. The summed E-state index contributed by atoms with van der Waals surface area (Å²) in [6, 6.07) is 10.2. The predicted octanol–water partition coefficient (Wildman–Crippen LogP) is 10.5. The molecule has 224 valence electrons. The van der Waals surface area contributed by atoms with Crippen LogP contribution >= 0.6 is 11.3 Å². The van der Waals surface area contributed by atoms with Crippen LogP contribution < -0.4 is 11.1 Å². The van der Waals surface area contributed by atoms with Crippen LogP contribution in [0.2, 0.25) is 0 Å². The Morgan fingerprint density at radius 3 is 1.60 bits per heavy atom. The molecule has 0 aliphatic heterocycles. The van der Waals surface area contributed by atoms with E-state index in [0.717, 1.165) is 29.7 Å². The van der Waals surface area contributed by atoms with E-state index in [1.54, 1.807) is 0 Å². The van der Waals surface area contributed by atoms with Gasteiger partial charge < -0.3 is 11.1 Å². The number of carbonyl (C=O) groups excluding carboxylic acids is 2. The fourth-order valence-corrected chi connectivity index (χ4v) is 6.71. The summed E-state index contributed by atoms with van der Waals surface area (Å²) in [6.45, 7) is 4.20. The Balaban J connectivity index is 1.48. The van der Waals surface area contributed by atoms with E-state index in [1.165, 1.54) is 126 Å². The number of primary amides is 1. The highest BCUT2D eigenvalue weighted by molar-refractivity contribution is 7.17. The first kappa shape index (κ1) is 34.1. The summed E-state index contributed by atoms with van der Waals surface area (Å²) in [7, 11) is 0. The van der Waals surface area contributed by atoms with Crippen LogP contribution in [-0.4, -0.2) is 11.8 Å². The largest absolute Gasteiger partial charge is 0.365 e. The molecule has 0 aliphatic carbocycles. The van der Waals surface area contributed by atoms with Crippen molar-refractivity contribution in [3.8, 4) is 0 Å². The second-order valence-corrected chi connectivity index (χ2v) is 12.6. The zero-order valence-corrected chi connectivity index (χ0v) is 26.4. The lowest BCUT2D eigenvalue weighted by atomic mass is 10.0. The van der Waals surface area contributed by atoms with E-state index in [2.05, 4.69) is 24.4 Å². The van der Waals surface area contributed by atoms with Crippen LogP contribution in [0.5, 0.6) is 0 Å². The number of anilines is 1. The molecular weight excluding hydrogens is 512 g/mol. The lowest BCUT2D eigenvalue weighted by Crippen LogP contribution is -2.17. The van der Waals surface area contributed by atoms with E-state index in [1.807, 2.05) is 25.1 Å². The second-order valence-electron chi connectivity index (χ2n) is 11.5. The molecule has 4 nitrogen and oxygen atoms in total. The number of carbonyl (C=O) groups is 2. The molecule has 40 heavy (non-hydrogen) atoms. The summed E-state index contributed by atoms with van der Waals surface area (Å²) in [4.78, 5) is 25.8. The molecule has 0 bridgehead atoms. The quantitative estimate of drug-likeness (QED) is 0.124. The molecule has 0 spiro atoms. The molecule has 1 aromatic heterocycles. The minimum Gasteiger partial charge on any atom is -0.365 e. The van der Waals surface area contributed by atoms with Crippen molar-refractivity contribution < 1.29 is 9.59 Å². The Hall–Kier alpha value is -2.14. The summed E-state index contributed by atoms with van der Waals surface area (Å²) >= 11 is 1.47. The number of thiophene rings is 1. The molecule has 2 aromatic rings. The summed E-state index contributed by atoms with van der Waals surface area (Å²) in [5.41, 5.74) is 8.17. The van der Waals surface area contributed by atoms with Crippen molar-refractivity contribution in [2.24, 2.45) is 5.73 Å². The average Bonchev–Trinajstić information content (AvgIpc) is 3.24. The van der Waals surface area contributed by atoms with Gasteiger partial charge in [0.2, 0.25) is 5.91 Å². The average molecular weight is 569 g/mol. The van der Waals surface area contributed by atoms with Crippen LogP contribution in [0.4, 0.5) is 5.00 Å². The van der Waals surface area contributed by atoms with Crippen molar-refractivity contribution in [2.75, 3.05) is 5.32 Å². The molecule has 0 atom stereocenters. The van der Waals surface area contributed by atoms with Gasteiger partial charge >= 0.3 is 0 Å². The molecule has 0 aliphatic rings. The normalized spacial score (nSPS) is 11.2. The third-order valence-electron chi connectivity index (χ3n) is 7.96. The van der Waals surface area contributed by atoms with Gasteiger partial charge in [-0.25, -0.2) is 0 Å². The van der Waals surface area contributed by atoms with Gasteiger partial charge in [0.25, 0.3) is 5.91 Å². The maximum atomic E-state index is 12.6. The number of rotatable bonds is 24. The van der Waals surface area contributed by atoms with Crippen molar-refractivity contribution in [1.29, 1.82) is 0 Å². The lowest BCUT2D eigenvalue weighted by Gasteiger charge is -2.06. The Morgan fingerprint density at radius 2 is 1.15 bits per heavy atom. The maximum Gasteiger partial charge on any atom is 0.251 e.